The molecule has 1 N–H and O–H groups in total. The van der Waals surface area contributed by atoms with Crippen molar-refractivity contribution in [2.75, 3.05) is 5.32 Å². The van der Waals surface area contributed by atoms with Gasteiger partial charge in [-0.15, -0.1) is 0 Å². The number of ether oxygens (including phenoxy) is 1. The van der Waals surface area contributed by atoms with Crippen LogP contribution in [-0.4, -0.2) is 10.9 Å². The molecule has 0 saturated carbocycles. The number of rotatable bonds is 6. The number of aryl methyl sites for hydroxylation is 1. The van der Waals surface area contributed by atoms with Gasteiger partial charge in [0.1, 0.15) is 6.61 Å². The van der Waals surface area contributed by atoms with Crippen molar-refractivity contribution in [2.45, 2.75) is 33.3 Å². The van der Waals surface area contributed by atoms with Crippen molar-refractivity contribution in [1.29, 1.82) is 0 Å². The van der Waals surface area contributed by atoms with Gasteiger partial charge in [0, 0.05) is 12.6 Å². The van der Waals surface area contributed by atoms with E-state index >= 15 is 0 Å². The van der Waals surface area contributed by atoms with E-state index in [4.69, 9.17) is 4.74 Å². The highest BCUT2D eigenvalue weighted by molar-refractivity contribution is 5.90. The smallest absolute Gasteiger partial charge is 0.225 e. The lowest BCUT2D eigenvalue weighted by Gasteiger charge is -2.12. The van der Waals surface area contributed by atoms with E-state index in [9.17, 15) is 4.79 Å². The van der Waals surface area contributed by atoms with Crippen molar-refractivity contribution >= 4 is 11.7 Å². The number of aromatic nitrogens is 1. The molecule has 0 aliphatic heterocycles. The number of anilines is 1. The minimum atomic E-state index is -0.0445. The molecule has 0 radical (unpaired) electrons. The molecule has 110 valence electrons. The Bertz CT molecular complexity index is 611. The van der Waals surface area contributed by atoms with E-state index < -0.39 is 0 Å². The minimum absolute atomic E-state index is 0.0445. The lowest BCUT2D eigenvalue weighted by atomic mass is 10.1. The molecule has 4 heteroatoms. The number of carbonyl (C=O) groups excluding carboxylic acids is 1. The SMILES string of the molecule is CCCC(=O)Nc1ncccc1OCc1ccccc1C. The van der Waals surface area contributed by atoms with E-state index in [0.717, 1.165) is 12.0 Å². The summed E-state index contributed by atoms with van der Waals surface area (Å²) >= 11 is 0. The van der Waals surface area contributed by atoms with Crippen LogP contribution in [0.3, 0.4) is 0 Å². The van der Waals surface area contributed by atoms with Gasteiger partial charge in [0.2, 0.25) is 5.91 Å². The fraction of sp³-hybridized carbons (Fsp3) is 0.294. The molecule has 2 aromatic rings. The summed E-state index contributed by atoms with van der Waals surface area (Å²) in [5.74, 6) is 1.02. The van der Waals surface area contributed by atoms with Gasteiger partial charge in [-0.05, 0) is 36.6 Å². The van der Waals surface area contributed by atoms with Gasteiger partial charge in [-0.2, -0.15) is 0 Å². The maximum atomic E-state index is 11.7. The summed E-state index contributed by atoms with van der Waals surface area (Å²) < 4.78 is 5.81. The Hall–Kier alpha value is -2.36. The molecule has 0 aliphatic rings. The molecule has 4 nitrogen and oxygen atoms in total. The summed E-state index contributed by atoms with van der Waals surface area (Å²) in [6.45, 7) is 4.47. The van der Waals surface area contributed by atoms with Gasteiger partial charge in [-0.3, -0.25) is 4.79 Å². The van der Waals surface area contributed by atoms with Gasteiger partial charge in [-0.1, -0.05) is 31.2 Å². The molecule has 21 heavy (non-hydrogen) atoms. The Morgan fingerprint density at radius 3 is 2.81 bits per heavy atom. The number of amides is 1. The van der Waals surface area contributed by atoms with Gasteiger partial charge in [0.25, 0.3) is 0 Å². The highest BCUT2D eigenvalue weighted by Gasteiger charge is 2.09. The number of hydrogen-bond acceptors (Lipinski definition) is 3. The van der Waals surface area contributed by atoms with Crippen LogP contribution in [0.25, 0.3) is 0 Å². The van der Waals surface area contributed by atoms with Crippen LogP contribution < -0.4 is 10.1 Å². The summed E-state index contributed by atoms with van der Waals surface area (Å²) in [5.41, 5.74) is 2.30. The highest BCUT2D eigenvalue weighted by Crippen LogP contribution is 2.22. The molecule has 0 saturated heterocycles. The number of benzene rings is 1. The second-order valence-corrected chi connectivity index (χ2v) is 4.86. The summed E-state index contributed by atoms with van der Waals surface area (Å²) in [5, 5.41) is 2.79. The Morgan fingerprint density at radius 1 is 1.24 bits per heavy atom. The van der Waals surface area contributed by atoms with Crippen LogP contribution >= 0.6 is 0 Å². The van der Waals surface area contributed by atoms with Crippen molar-refractivity contribution in [1.82, 2.24) is 4.98 Å². The molecule has 0 atom stereocenters. The zero-order chi connectivity index (χ0) is 15.1. The summed E-state index contributed by atoms with van der Waals surface area (Å²) in [7, 11) is 0. The van der Waals surface area contributed by atoms with Crippen LogP contribution in [0.5, 0.6) is 5.75 Å². The van der Waals surface area contributed by atoms with E-state index in [1.807, 2.05) is 44.2 Å². The van der Waals surface area contributed by atoms with Crippen molar-refractivity contribution in [3.8, 4) is 5.75 Å². The molecule has 0 fully saturated rings. The highest BCUT2D eigenvalue weighted by atomic mass is 16.5. The molecule has 1 heterocycles. The Balaban J connectivity index is 2.06. The average molecular weight is 284 g/mol. The first-order chi connectivity index (χ1) is 10.2. The average Bonchev–Trinajstić information content (AvgIpc) is 2.48. The van der Waals surface area contributed by atoms with E-state index in [2.05, 4.69) is 10.3 Å². The van der Waals surface area contributed by atoms with E-state index in [-0.39, 0.29) is 5.91 Å². The monoisotopic (exact) mass is 284 g/mol. The van der Waals surface area contributed by atoms with Gasteiger partial charge < -0.3 is 10.1 Å². The first kappa shape index (κ1) is 15.0. The van der Waals surface area contributed by atoms with E-state index in [0.29, 0.717) is 24.6 Å². The maximum absolute atomic E-state index is 11.7. The minimum Gasteiger partial charge on any atom is -0.485 e. The number of pyridine rings is 1. The molecule has 2 rings (SSSR count). The zero-order valence-corrected chi connectivity index (χ0v) is 12.4. The van der Waals surface area contributed by atoms with Crippen LogP contribution in [-0.2, 0) is 11.4 Å². The van der Waals surface area contributed by atoms with Gasteiger partial charge in [0.15, 0.2) is 11.6 Å². The van der Waals surface area contributed by atoms with Crippen molar-refractivity contribution in [3.63, 3.8) is 0 Å². The molecule has 1 aromatic heterocycles. The fourth-order valence-electron chi connectivity index (χ4n) is 1.95. The molecular formula is C17H20N2O2. The van der Waals surface area contributed by atoms with Crippen LogP contribution in [0.15, 0.2) is 42.6 Å². The third kappa shape index (κ3) is 4.31. The first-order valence-electron chi connectivity index (χ1n) is 7.13. The Labute approximate surface area is 125 Å². The van der Waals surface area contributed by atoms with Crippen LogP contribution in [0, 0.1) is 6.92 Å². The fourth-order valence-corrected chi connectivity index (χ4v) is 1.95. The largest absolute Gasteiger partial charge is 0.485 e. The zero-order valence-electron chi connectivity index (χ0n) is 12.4. The molecule has 1 aromatic carbocycles. The third-order valence-corrected chi connectivity index (χ3v) is 3.15. The summed E-state index contributed by atoms with van der Waals surface area (Å²) in [4.78, 5) is 15.9. The summed E-state index contributed by atoms with van der Waals surface area (Å²) in [6.07, 6.45) is 2.92. The molecule has 0 unspecified atom stereocenters. The number of nitrogens with zero attached hydrogens (tertiary/aromatic N) is 1. The number of carbonyl (C=O) groups is 1. The first-order valence-corrected chi connectivity index (χ1v) is 7.13. The molecule has 0 bridgehead atoms. The third-order valence-electron chi connectivity index (χ3n) is 3.15. The topological polar surface area (TPSA) is 51.2 Å². The predicted octanol–water partition coefficient (Wildman–Crippen LogP) is 3.71. The molecular weight excluding hydrogens is 264 g/mol. The summed E-state index contributed by atoms with van der Waals surface area (Å²) in [6, 6.07) is 11.7. The van der Waals surface area contributed by atoms with Crippen molar-refractivity contribution < 1.29 is 9.53 Å². The standard InChI is InChI=1S/C17H20N2O2/c1-3-7-16(20)19-17-15(10-6-11-18-17)21-12-14-9-5-4-8-13(14)2/h4-6,8-11H,3,7,12H2,1-2H3,(H,18,19,20). The van der Waals surface area contributed by atoms with Crippen LogP contribution in [0.1, 0.15) is 30.9 Å². The molecule has 1 amide bonds. The second kappa shape index (κ2) is 7.43. The molecule has 0 spiro atoms. The van der Waals surface area contributed by atoms with Crippen LogP contribution in [0.4, 0.5) is 5.82 Å². The van der Waals surface area contributed by atoms with Gasteiger partial charge in [0.05, 0.1) is 0 Å². The number of nitrogens with one attached hydrogen (secondary N) is 1. The predicted molar refractivity (Wildman–Crippen MR) is 83.3 cm³/mol. The lowest BCUT2D eigenvalue weighted by molar-refractivity contribution is -0.116. The maximum Gasteiger partial charge on any atom is 0.225 e. The lowest BCUT2D eigenvalue weighted by Crippen LogP contribution is -2.13. The van der Waals surface area contributed by atoms with Crippen molar-refractivity contribution in [2.24, 2.45) is 0 Å². The van der Waals surface area contributed by atoms with E-state index in [1.165, 1.54) is 5.56 Å². The van der Waals surface area contributed by atoms with Gasteiger partial charge in [-0.25, -0.2) is 4.98 Å². The Morgan fingerprint density at radius 2 is 2.05 bits per heavy atom. The van der Waals surface area contributed by atoms with E-state index in [1.54, 1.807) is 12.3 Å². The molecule has 0 aliphatic carbocycles. The second-order valence-electron chi connectivity index (χ2n) is 4.86. The number of hydrogen-bond donors (Lipinski definition) is 1. The quantitative estimate of drug-likeness (QED) is 0.879. The van der Waals surface area contributed by atoms with Crippen molar-refractivity contribution in [3.05, 3.63) is 53.7 Å². The van der Waals surface area contributed by atoms with Crippen LogP contribution in [0.2, 0.25) is 0 Å². The normalized spacial score (nSPS) is 10.2. The van der Waals surface area contributed by atoms with Gasteiger partial charge >= 0.3 is 0 Å². The Kier molecular flexibility index (Phi) is 5.32.